The number of fused-ring (bicyclic) bond motifs is 3. The van der Waals surface area contributed by atoms with Crippen LogP contribution in [0.5, 0.6) is 0 Å². The van der Waals surface area contributed by atoms with Gasteiger partial charge in [0.05, 0.1) is 17.4 Å². The molecule has 4 heterocycles. The van der Waals surface area contributed by atoms with Crippen LogP contribution in [0.4, 0.5) is 11.6 Å². The molecule has 9 heteroatoms. The summed E-state index contributed by atoms with van der Waals surface area (Å²) in [6, 6.07) is 5.55. The highest BCUT2D eigenvalue weighted by atomic mass is 35.5. The Morgan fingerprint density at radius 3 is 2.96 bits per heavy atom. The van der Waals surface area contributed by atoms with Gasteiger partial charge in [-0.15, -0.1) is 5.10 Å². The number of rotatable bonds is 2. The number of nitrogen functional groups attached to an aromatic ring is 1. The topological polar surface area (TPSA) is 90.2 Å². The minimum absolute atomic E-state index is 0.237. The number of benzene rings is 1. The Bertz CT molecular complexity index is 1150. The van der Waals surface area contributed by atoms with Crippen LogP contribution in [-0.2, 0) is 7.05 Å². The fourth-order valence-electron chi connectivity index (χ4n) is 3.79. The van der Waals surface area contributed by atoms with E-state index in [0.717, 1.165) is 54.0 Å². The molecule has 1 aliphatic heterocycles. The van der Waals surface area contributed by atoms with Gasteiger partial charge in [0.25, 0.3) is 0 Å². The van der Waals surface area contributed by atoms with Gasteiger partial charge in [0, 0.05) is 42.7 Å². The van der Waals surface area contributed by atoms with Crippen LogP contribution >= 0.6 is 11.6 Å². The zero-order chi connectivity index (χ0) is 18.5. The van der Waals surface area contributed by atoms with E-state index < -0.39 is 0 Å². The summed E-state index contributed by atoms with van der Waals surface area (Å²) in [5, 5.41) is 10.5. The molecule has 1 unspecified atom stereocenters. The van der Waals surface area contributed by atoms with Gasteiger partial charge in [-0.25, -0.2) is 9.97 Å². The Morgan fingerprint density at radius 2 is 2.15 bits per heavy atom. The number of hydrogen-bond donors (Lipinski definition) is 1. The molecule has 1 aromatic carbocycles. The first-order valence-electron chi connectivity index (χ1n) is 8.93. The molecule has 1 aliphatic rings. The van der Waals surface area contributed by atoms with Gasteiger partial charge < -0.3 is 10.6 Å². The lowest BCUT2D eigenvalue weighted by atomic mass is 9.97. The molecule has 0 saturated carbocycles. The predicted molar refractivity (Wildman–Crippen MR) is 105 cm³/mol. The average Bonchev–Trinajstić information content (AvgIpc) is 3.29. The zero-order valence-corrected chi connectivity index (χ0v) is 15.6. The van der Waals surface area contributed by atoms with Gasteiger partial charge in [0.2, 0.25) is 5.95 Å². The van der Waals surface area contributed by atoms with E-state index in [4.69, 9.17) is 22.3 Å². The summed E-state index contributed by atoms with van der Waals surface area (Å²) in [5.74, 6) is 1.36. The number of aromatic nitrogens is 6. The van der Waals surface area contributed by atoms with E-state index in [1.54, 1.807) is 10.6 Å². The van der Waals surface area contributed by atoms with Crippen LogP contribution in [0.25, 0.3) is 16.6 Å². The predicted octanol–water partition coefficient (Wildman–Crippen LogP) is 2.63. The summed E-state index contributed by atoms with van der Waals surface area (Å²) in [6.07, 6.45) is 6.07. The molecular formula is C18H19ClN8. The van der Waals surface area contributed by atoms with Crippen molar-refractivity contribution in [3.63, 3.8) is 0 Å². The van der Waals surface area contributed by atoms with Crippen molar-refractivity contribution >= 4 is 39.8 Å². The van der Waals surface area contributed by atoms with Gasteiger partial charge in [0.15, 0.2) is 11.5 Å². The average molecular weight is 383 g/mol. The van der Waals surface area contributed by atoms with Crippen molar-refractivity contribution in [2.45, 2.75) is 18.8 Å². The SMILES string of the molecule is Cn1cc(N2CCCC(c3nc4c5ccc(Cl)cc5nc(N)n4n3)C2)cn1. The molecule has 27 heavy (non-hydrogen) atoms. The third kappa shape index (κ3) is 2.76. The molecule has 138 valence electrons. The first kappa shape index (κ1) is 16.3. The largest absolute Gasteiger partial charge is 0.368 e. The quantitative estimate of drug-likeness (QED) is 0.573. The summed E-state index contributed by atoms with van der Waals surface area (Å²) in [6.45, 7) is 1.88. The van der Waals surface area contributed by atoms with Crippen LogP contribution in [-0.4, -0.2) is 42.5 Å². The smallest absolute Gasteiger partial charge is 0.223 e. The number of hydrogen-bond acceptors (Lipinski definition) is 6. The number of anilines is 2. The lowest BCUT2D eigenvalue weighted by Crippen LogP contribution is -2.34. The van der Waals surface area contributed by atoms with Gasteiger partial charge in [-0.1, -0.05) is 11.6 Å². The molecule has 0 aliphatic carbocycles. The van der Waals surface area contributed by atoms with Crippen LogP contribution in [0.2, 0.25) is 5.02 Å². The first-order valence-corrected chi connectivity index (χ1v) is 9.31. The van der Waals surface area contributed by atoms with E-state index in [-0.39, 0.29) is 5.92 Å². The second-order valence-electron chi connectivity index (χ2n) is 6.99. The van der Waals surface area contributed by atoms with Crippen molar-refractivity contribution in [1.29, 1.82) is 0 Å². The van der Waals surface area contributed by atoms with Gasteiger partial charge in [0.1, 0.15) is 0 Å². The van der Waals surface area contributed by atoms with Gasteiger partial charge in [-0.05, 0) is 31.0 Å². The van der Waals surface area contributed by atoms with Crippen molar-refractivity contribution in [2.24, 2.45) is 7.05 Å². The number of nitrogens with two attached hydrogens (primary N) is 1. The number of aryl methyl sites for hydroxylation is 1. The molecule has 8 nitrogen and oxygen atoms in total. The van der Waals surface area contributed by atoms with Gasteiger partial charge in [-0.3, -0.25) is 4.68 Å². The van der Waals surface area contributed by atoms with E-state index in [9.17, 15) is 0 Å². The highest BCUT2D eigenvalue weighted by molar-refractivity contribution is 6.31. The second kappa shape index (κ2) is 6.09. The molecule has 0 amide bonds. The molecule has 0 bridgehead atoms. The number of nitrogens with zero attached hydrogens (tertiary/aromatic N) is 7. The minimum atomic E-state index is 0.237. The molecule has 0 spiro atoms. The summed E-state index contributed by atoms with van der Waals surface area (Å²) in [5.41, 5.74) is 8.71. The van der Waals surface area contributed by atoms with Crippen molar-refractivity contribution in [3.05, 3.63) is 41.4 Å². The van der Waals surface area contributed by atoms with Crippen LogP contribution in [0, 0.1) is 0 Å². The second-order valence-corrected chi connectivity index (χ2v) is 7.43. The molecule has 5 rings (SSSR count). The fraction of sp³-hybridized carbons (Fsp3) is 0.333. The van der Waals surface area contributed by atoms with E-state index in [0.29, 0.717) is 11.0 Å². The fourth-order valence-corrected chi connectivity index (χ4v) is 3.95. The molecule has 3 aromatic heterocycles. The Kier molecular flexibility index (Phi) is 3.68. The summed E-state index contributed by atoms with van der Waals surface area (Å²) in [7, 11) is 1.93. The minimum Gasteiger partial charge on any atom is -0.368 e. The monoisotopic (exact) mass is 382 g/mol. The van der Waals surface area contributed by atoms with Crippen molar-refractivity contribution in [3.8, 4) is 0 Å². The molecule has 1 fully saturated rings. The van der Waals surface area contributed by atoms with Crippen molar-refractivity contribution in [2.75, 3.05) is 23.7 Å². The maximum Gasteiger partial charge on any atom is 0.223 e. The number of piperidine rings is 1. The standard InChI is InChI=1S/C18H19ClN8/c1-25-10-13(8-21-25)26-6-2-3-11(9-26)16-23-17-14-5-4-12(19)7-15(14)22-18(20)27(17)24-16/h4-5,7-8,10-11H,2-3,6,9H2,1H3,(H2,20,22). The van der Waals surface area contributed by atoms with E-state index in [2.05, 4.69) is 20.1 Å². The van der Waals surface area contributed by atoms with E-state index in [1.165, 1.54) is 0 Å². The van der Waals surface area contributed by atoms with Crippen molar-refractivity contribution in [1.82, 2.24) is 29.4 Å². The lowest BCUT2D eigenvalue weighted by Gasteiger charge is -2.32. The van der Waals surface area contributed by atoms with E-state index in [1.807, 2.05) is 36.3 Å². The Hall–Kier alpha value is -2.87. The maximum atomic E-state index is 6.12. The normalized spacial score (nSPS) is 17.9. The molecule has 4 aromatic rings. The summed E-state index contributed by atoms with van der Waals surface area (Å²) < 4.78 is 3.46. The van der Waals surface area contributed by atoms with Gasteiger partial charge in [-0.2, -0.15) is 9.61 Å². The Balaban J connectivity index is 1.54. The molecular weight excluding hydrogens is 364 g/mol. The number of halogens is 1. The van der Waals surface area contributed by atoms with Crippen LogP contribution in [0.1, 0.15) is 24.6 Å². The van der Waals surface area contributed by atoms with Crippen LogP contribution in [0.15, 0.2) is 30.6 Å². The first-order chi connectivity index (χ1) is 13.1. The Labute approximate surface area is 160 Å². The third-order valence-electron chi connectivity index (χ3n) is 5.12. The Morgan fingerprint density at radius 1 is 1.26 bits per heavy atom. The summed E-state index contributed by atoms with van der Waals surface area (Å²) >= 11 is 6.09. The van der Waals surface area contributed by atoms with E-state index >= 15 is 0 Å². The highest BCUT2D eigenvalue weighted by Gasteiger charge is 2.26. The highest BCUT2D eigenvalue weighted by Crippen LogP contribution is 2.30. The molecule has 1 atom stereocenters. The molecule has 0 radical (unpaired) electrons. The summed E-state index contributed by atoms with van der Waals surface area (Å²) in [4.78, 5) is 11.6. The zero-order valence-electron chi connectivity index (χ0n) is 14.9. The van der Waals surface area contributed by atoms with Crippen molar-refractivity contribution < 1.29 is 0 Å². The molecule has 1 saturated heterocycles. The maximum absolute atomic E-state index is 6.12. The van der Waals surface area contributed by atoms with Crippen LogP contribution < -0.4 is 10.6 Å². The lowest BCUT2D eigenvalue weighted by molar-refractivity contribution is 0.491. The third-order valence-corrected chi connectivity index (χ3v) is 5.35. The molecule has 2 N–H and O–H groups in total. The van der Waals surface area contributed by atoms with Crippen LogP contribution in [0.3, 0.4) is 0 Å². The van der Waals surface area contributed by atoms with Gasteiger partial charge >= 0.3 is 0 Å².